The van der Waals surface area contributed by atoms with Crippen LogP contribution in [0.5, 0.6) is 0 Å². The molecule has 0 aromatic carbocycles. The van der Waals surface area contributed by atoms with Crippen molar-refractivity contribution in [1.82, 2.24) is 0 Å². The Hall–Kier alpha value is -1.06. The maximum atomic E-state index is 11.7. The Balaban J connectivity index is 1.79. The van der Waals surface area contributed by atoms with Gasteiger partial charge in [-0.25, -0.2) is 0 Å². The van der Waals surface area contributed by atoms with E-state index in [1.165, 1.54) is 0 Å². The highest BCUT2D eigenvalue weighted by Crippen LogP contribution is 2.29. The summed E-state index contributed by atoms with van der Waals surface area (Å²) in [5.41, 5.74) is 0. The van der Waals surface area contributed by atoms with E-state index in [9.17, 15) is 9.59 Å². The molecule has 0 aromatic heterocycles. The molecule has 0 atom stereocenters. The van der Waals surface area contributed by atoms with Crippen LogP contribution in [0.1, 0.15) is 70.6 Å². The number of fused-ring (bicyclic) bond motifs is 14. The first-order valence-electron chi connectivity index (χ1n) is 8.55. The third kappa shape index (κ3) is 6.49. The van der Waals surface area contributed by atoms with Crippen LogP contribution in [0, 0.1) is 11.8 Å². The Morgan fingerprint density at radius 2 is 1.00 bits per heavy atom. The zero-order valence-electron chi connectivity index (χ0n) is 13.0. The zero-order chi connectivity index (χ0) is 14.9. The van der Waals surface area contributed by atoms with E-state index in [2.05, 4.69) is 0 Å². The molecule has 1 saturated carbocycles. The van der Waals surface area contributed by atoms with Crippen molar-refractivity contribution in [2.24, 2.45) is 11.8 Å². The van der Waals surface area contributed by atoms with Crippen molar-refractivity contribution in [2.75, 3.05) is 13.2 Å². The van der Waals surface area contributed by atoms with Gasteiger partial charge in [0.1, 0.15) is 0 Å². The predicted molar refractivity (Wildman–Crippen MR) is 79.7 cm³/mol. The number of esters is 2. The van der Waals surface area contributed by atoms with Crippen LogP contribution in [0.4, 0.5) is 0 Å². The smallest absolute Gasteiger partial charge is 0.305 e. The summed E-state index contributed by atoms with van der Waals surface area (Å²) in [5, 5.41) is 0. The van der Waals surface area contributed by atoms with Crippen LogP contribution in [0.15, 0.2) is 0 Å². The van der Waals surface area contributed by atoms with Gasteiger partial charge in [-0.1, -0.05) is 19.3 Å². The molecule has 120 valence electrons. The molecule has 3 rings (SSSR count). The molecule has 2 saturated heterocycles. The van der Waals surface area contributed by atoms with Crippen LogP contribution in [-0.4, -0.2) is 25.2 Å². The molecule has 2 aliphatic heterocycles. The largest absolute Gasteiger partial charge is 0.465 e. The van der Waals surface area contributed by atoms with Gasteiger partial charge in [0, 0.05) is 12.8 Å². The predicted octanol–water partition coefficient (Wildman–Crippen LogP) is 3.62. The van der Waals surface area contributed by atoms with E-state index in [1.54, 1.807) is 0 Å². The first kappa shape index (κ1) is 16.3. The summed E-state index contributed by atoms with van der Waals surface area (Å²) in [5.74, 6) is 0.910. The fourth-order valence-corrected chi connectivity index (χ4v) is 3.20. The Morgan fingerprint density at radius 3 is 1.43 bits per heavy atom. The third-order valence-electron chi connectivity index (χ3n) is 4.69. The highest BCUT2D eigenvalue weighted by atomic mass is 16.5. The van der Waals surface area contributed by atoms with Gasteiger partial charge >= 0.3 is 11.9 Å². The average Bonchev–Trinajstić information content (AvgIpc) is 2.50. The number of hydrogen-bond donors (Lipinski definition) is 0. The summed E-state index contributed by atoms with van der Waals surface area (Å²) in [4.78, 5) is 23.3. The minimum atomic E-state index is -0.0417. The van der Waals surface area contributed by atoms with Gasteiger partial charge in [-0.2, -0.15) is 0 Å². The van der Waals surface area contributed by atoms with E-state index in [0.717, 1.165) is 57.8 Å². The van der Waals surface area contributed by atoms with Crippen molar-refractivity contribution in [1.29, 1.82) is 0 Å². The molecule has 0 amide bonds. The minimum Gasteiger partial charge on any atom is -0.465 e. The maximum absolute atomic E-state index is 11.7. The first-order chi connectivity index (χ1) is 10.2. The molecular weight excluding hydrogens is 268 g/mol. The Morgan fingerprint density at radius 1 is 0.619 bits per heavy atom. The molecule has 21 heavy (non-hydrogen) atoms. The van der Waals surface area contributed by atoms with Gasteiger partial charge in [0.25, 0.3) is 0 Å². The van der Waals surface area contributed by atoms with Crippen molar-refractivity contribution in [2.45, 2.75) is 70.6 Å². The van der Waals surface area contributed by atoms with Crippen LogP contribution < -0.4 is 0 Å². The van der Waals surface area contributed by atoms with E-state index in [-0.39, 0.29) is 11.9 Å². The molecule has 3 aliphatic rings. The SMILES string of the molecule is O=C1CCCCCCCC(=O)OCC2CCC(CC2)CO1. The second-order valence-electron chi connectivity index (χ2n) is 6.52. The molecule has 4 heteroatoms. The summed E-state index contributed by atoms with van der Waals surface area (Å²) in [6.45, 7) is 1.15. The number of carbonyl (C=O) groups excluding carboxylic acids is 2. The normalized spacial score (nSPS) is 30.3. The van der Waals surface area contributed by atoms with Crippen molar-refractivity contribution in [3.05, 3.63) is 0 Å². The summed E-state index contributed by atoms with van der Waals surface area (Å²) in [6, 6.07) is 0. The van der Waals surface area contributed by atoms with Gasteiger partial charge in [-0.05, 0) is 50.4 Å². The zero-order valence-corrected chi connectivity index (χ0v) is 13.0. The van der Waals surface area contributed by atoms with Crippen molar-refractivity contribution >= 4 is 11.9 Å². The molecule has 0 N–H and O–H groups in total. The monoisotopic (exact) mass is 296 g/mol. The minimum absolute atomic E-state index is 0.0417. The van der Waals surface area contributed by atoms with Crippen molar-refractivity contribution in [3.8, 4) is 0 Å². The quantitative estimate of drug-likeness (QED) is 0.641. The summed E-state index contributed by atoms with van der Waals surface area (Å²) >= 11 is 0. The standard InChI is InChI=1S/C17H28O4/c18-16-6-4-2-1-3-5-7-17(19)21-13-15-10-8-14(9-11-15)12-20-16/h14-15H,1-13H2. The lowest BCUT2D eigenvalue weighted by atomic mass is 9.83. The second kappa shape index (κ2) is 9.06. The van der Waals surface area contributed by atoms with Crippen LogP contribution in [0.25, 0.3) is 0 Å². The van der Waals surface area contributed by atoms with E-state index in [4.69, 9.17) is 9.47 Å². The fourth-order valence-electron chi connectivity index (χ4n) is 3.20. The molecule has 2 bridgehead atoms. The Labute approximate surface area is 127 Å². The Bertz CT molecular complexity index is 300. The lowest BCUT2D eigenvalue weighted by Gasteiger charge is -2.27. The van der Waals surface area contributed by atoms with Gasteiger partial charge < -0.3 is 9.47 Å². The molecule has 0 aromatic rings. The van der Waals surface area contributed by atoms with Gasteiger partial charge in [-0.3, -0.25) is 9.59 Å². The van der Waals surface area contributed by atoms with E-state index in [0.29, 0.717) is 37.9 Å². The van der Waals surface area contributed by atoms with Gasteiger partial charge in [0.05, 0.1) is 13.2 Å². The highest BCUT2D eigenvalue weighted by molar-refractivity contribution is 5.69. The molecular formula is C17H28O4. The average molecular weight is 296 g/mol. The van der Waals surface area contributed by atoms with Crippen LogP contribution in [0.3, 0.4) is 0 Å². The topological polar surface area (TPSA) is 52.6 Å². The lowest BCUT2D eigenvalue weighted by molar-refractivity contribution is -0.147. The van der Waals surface area contributed by atoms with Crippen LogP contribution in [-0.2, 0) is 19.1 Å². The summed E-state index contributed by atoms with van der Waals surface area (Å²) in [7, 11) is 0. The lowest BCUT2D eigenvalue weighted by Crippen LogP contribution is -2.23. The molecule has 2 heterocycles. The first-order valence-corrected chi connectivity index (χ1v) is 8.55. The number of hydrogen-bond acceptors (Lipinski definition) is 4. The van der Waals surface area contributed by atoms with Crippen molar-refractivity contribution in [3.63, 3.8) is 0 Å². The number of rotatable bonds is 0. The molecule has 1 aliphatic carbocycles. The fraction of sp³-hybridized carbons (Fsp3) is 0.882. The Kier molecular flexibility index (Phi) is 7.04. The van der Waals surface area contributed by atoms with E-state index < -0.39 is 0 Å². The molecule has 0 radical (unpaired) electrons. The van der Waals surface area contributed by atoms with Crippen LogP contribution in [0.2, 0.25) is 0 Å². The van der Waals surface area contributed by atoms with E-state index >= 15 is 0 Å². The third-order valence-corrected chi connectivity index (χ3v) is 4.69. The van der Waals surface area contributed by atoms with E-state index in [1.807, 2.05) is 0 Å². The van der Waals surface area contributed by atoms with Crippen molar-refractivity contribution < 1.29 is 19.1 Å². The van der Waals surface area contributed by atoms with Gasteiger partial charge in [0.2, 0.25) is 0 Å². The number of ether oxygens (including phenoxy) is 2. The second-order valence-corrected chi connectivity index (χ2v) is 6.52. The molecule has 0 unspecified atom stereocenters. The van der Waals surface area contributed by atoms with Crippen LogP contribution >= 0.6 is 0 Å². The molecule has 0 spiro atoms. The maximum Gasteiger partial charge on any atom is 0.305 e. The summed E-state index contributed by atoms with van der Waals surface area (Å²) < 4.78 is 10.8. The summed E-state index contributed by atoms with van der Waals surface area (Å²) in [6.07, 6.45) is 10.3. The van der Waals surface area contributed by atoms with Gasteiger partial charge in [0.15, 0.2) is 0 Å². The van der Waals surface area contributed by atoms with Gasteiger partial charge in [-0.15, -0.1) is 0 Å². The highest BCUT2D eigenvalue weighted by Gasteiger charge is 2.23. The molecule has 3 fully saturated rings. The molecule has 4 nitrogen and oxygen atoms in total. The number of carbonyl (C=O) groups is 2.